The molecule has 0 spiro atoms. The van der Waals surface area contributed by atoms with Crippen LogP contribution in [-0.4, -0.2) is 27.3 Å². The van der Waals surface area contributed by atoms with E-state index in [1.165, 1.54) is 26.2 Å². The van der Waals surface area contributed by atoms with Crippen molar-refractivity contribution in [1.82, 2.24) is 9.97 Å². The second kappa shape index (κ2) is 4.78. The Balaban J connectivity index is 2.87. The molecule has 8 heteroatoms. The molecule has 1 atom stereocenters. The van der Waals surface area contributed by atoms with Crippen LogP contribution in [0, 0.1) is 0 Å². The standard InChI is InChI=1S/C12H11F3N2O3/c1-5(18)8-9-6(3-4-7(17-9)20-2)16-11(10(8)19)12(13,14)15/h3-5,18-19H,1-2H3. The molecule has 2 aromatic rings. The Morgan fingerprint density at radius 3 is 2.40 bits per heavy atom. The molecule has 0 aliphatic heterocycles. The van der Waals surface area contributed by atoms with Crippen molar-refractivity contribution in [2.45, 2.75) is 19.2 Å². The van der Waals surface area contributed by atoms with Crippen LogP contribution >= 0.6 is 0 Å². The van der Waals surface area contributed by atoms with Crippen molar-refractivity contribution >= 4 is 11.0 Å². The van der Waals surface area contributed by atoms with Crippen molar-refractivity contribution in [2.24, 2.45) is 0 Å². The number of hydrogen-bond acceptors (Lipinski definition) is 5. The van der Waals surface area contributed by atoms with E-state index in [-0.39, 0.29) is 22.5 Å². The molecule has 0 bridgehead atoms. The lowest BCUT2D eigenvalue weighted by molar-refractivity contribution is -0.142. The van der Waals surface area contributed by atoms with E-state index in [2.05, 4.69) is 9.97 Å². The number of aliphatic hydroxyl groups is 1. The zero-order valence-corrected chi connectivity index (χ0v) is 10.6. The summed E-state index contributed by atoms with van der Waals surface area (Å²) < 4.78 is 43.3. The number of hydrogen-bond donors (Lipinski definition) is 2. The fourth-order valence-corrected chi connectivity index (χ4v) is 1.84. The Hall–Kier alpha value is -2.09. The maximum Gasteiger partial charge on any atom is 0.437 e. The summed E-state index contributed by atoms with van der Waals surface area (Å²) in [5, 5.41) is 19.4. The lowest BCUT2D eigenvalue weighted by Gasteiger charge is -2.16. The highest BCUT2D eigenvalue weighted by Gasteiger charge is 2.38. The van der Waals surface area contributed by atoms with Crippen LogP contribution in [0.5, 0.6) is 11.6 Å². The SMILES string of the molecule is COc1ccc2nc(C(F)(F)F)c(O)c(C(C)O)c2n1. The normalized spacial score (nSPS) is 13.5. The number of aromatic nitrogens is 2. The minimum atomic E-state index is -4.83. The van der Waals surface area contributed by atoms with E-state index in [1.807, 2.05) is 0 Å². The molecule has 0 amide bonds. The minimum Gasteiger partial charge on any atom is -0.505 e. The lowest BCUT2D eigenvalue weighted by Crippen LogP contribution is -2.11. The molecular formula is C12H11F3N2O3. The smallest absolute Gasteiger partial charge is 0.437 e. The van der Waals surface area contributed by atoms with Crippen LogP contribution in [0.15, 0.2) is 12.1 Å². The zero-order chi connectivity index (χ0) is 15.1. The van der Waals surface area contributed by atoms with Gasteiger partial charge in [-0.3, -0.25) is 0 Å². The number of methoxy groups -OCH3 is 1. The molecule has 20 heavy (non-hydrogen) atoms. The Morgan fingerprint density at radius 1 is 1.25 bits per heavy atom. The van der Waals surface area contributed by atoms with E-state index in [9.17, 15) is 23.4 Å². The van der Waals surface area contributed by atoms with Crippen molar-refractivity contribution in [3.63, 3.8) is 0 Å². The molecule has 0 aliphatic rings. The number of rotatable bonds is 2. The van der Waals surface area contributed by atoms with Crippen molar-refractivity contribution in [1.29, 1.82) is 0 Å². The van der Waals surface area contributed by atoms with E-state index >= 15 is 0 Å². The molecule has 0 saturated carbocycles. The summed E-state index contributed by atoms with van der Waals surface area (Å²) in [6.45, 7) is 1.23. The number of fused-ring (bicyclic) bond motifs is 1. The third kappa shape index (κ3) is 2.34. The Bertz CT molecular complexity index is 656. The third-order valence-electron chi connectivity index (χ3n) is 2.71. The summed E-state index contributed by atoms with van der Waals surface area (Å²) in [5.74, 6) is -0.985. The molecular weight excluding hydrogens is 277 g/mol. The number of ether oxygens (including phenoxy) is 1. The average Bonchev–Trinajstić information content (AvgIpc) is 2.35. The summed E-state index contributed by atoms with van der Waals surface area (Å²) >= 11 is 0. The molecule has 108 valence electrons. The first-order valence-electron chi connectivity index (χ1n) is 5.58. The van der Waals surface area contributed by atoms with Gasteiger partial charge in [0.2, 0.25) is 5.88 Å². The highest BCUT2D eigenvalue weighted by molar-refractivity contribution is 5.82. The van der Waals surface area contributed by atoms with Gasteiger partial charge in [-0.15, -0.1) is 0 Å². The first kappa shape index (κ1) is 14.3. The zero-order valence-electron chi connectivity index (χ0n) is 10.6. The summed E-state index contributed by atoms with van der Waals surface area (Å²) in [6.07, 6.45) is -6.18. The molecule has 0 saturated heterocycles. The number of nitrogens with zero attached hydrogens (tertiary/aromatic N) is 2. The molecule has 2 N–H and O–H groups in total. The predicted molar refractivity (Wildman–Crippen MR) is 63.4 cm³/mol. The largest absolute Gasteiger partial charge is 0.505 e. The van der Waals surface area contributed by atoms with Crippen molar-refractivity contribution in [3.8, 4) is 11.6 Å². The van der Waals surface area contributed by atoms with Crippen LogP contribution in [0.4, 0.5) is 13.2 Å². The molecule has 2 rings (SSSR count). The molecule has 0 fully saturated rings. The summed E-state index contributed by atoms with van der Waals surface area (Å²) in [6, 6.07) is 2.63. The fraction of sp³-hybridized carbons (Fsp3) is 0.333. The van der Waals surface area contributed by atoms with E-state index in [1.54, 1.807) is 0 Å². The molecule has 5 nitrogen and oxygen atoms in total. The van der Waals surface area contributed by atoms with Crippen LogP contribution < -0.4 is 4.74 Å². The van der Waals surface area contributed by atoms with E-state index < -0.39 is 23.7 Å². The Labute approximate surface area is 111 Å². The maximum atomic E-state index is 12.8. The van der Waals surface area contributed by atoms with Gasteiger partial charge in [-0.1, -0.05) is 0 Å². The van der Waals surface area contributed by atoms with E-state index in [0.717, 1.165) is 0 Å². The van der Waals surface area contributed by atoms with Crippen LogP contribution in [0.3, 0.4) is 0 Å². The molecule has 2 aromatic heterocycles. The van der Waals surface area contributed by atoms with Crippen LogP contribution in [-0.2, 0) is 6.18 Å². The minimum absolute atomic E-state index is 0.0372. The lowest BCUT2D eigenvalue weighted by atomic mass is 10.1. The van der Waals surface area contributed by atoms with Gasteiger partial charge in [0, 0.05) is 6.07 Å². The number of pyridine rings is 2. The van der Waals surface area contributed by atoms with Gasteiger partial charge in [0.05, 0.1) is 24.3 Å². The van der Waals surface area contributed by atoms with Gasteiger partial charge in [0.15, 0.2) is 11.4 Å². The second-order valence-corrected chi connectivity index (χ2v) is 4.12. The summed E-state index contributed by atoms with van der Waals surface area (Å²) in [7, 11) is 1.34. The van der Waals surface area contributed by atoms with Gasteiger partial charge < -0.3 is 14.9 Å². The average molecular weight is 288 g/mol. The Kier molecular flexibility index (Phi) is 3.43. The second-order valence-electron chi connectivity index (χ2n) is 4.12. The number of alkyl halides is 3. The quantitative estimate of drug-likeness (QED) is 0.887. The highest BCUT2D eigenvalue weighted by atomic mass is 19.4. The first-order chi connectivity index (χ1) is 9.25. The molecule has 0 aliphatic carbocycles. The number of aromatic hydroxyl groups is 1. The molecule has 0 radical (unpaired) electrons. The van der Waals surface area contributed by atoms with Crippen LogP contribution in [0.25, 0.3) is 11.0 Å². The highest BCUT2D eigenvalue weighted by Crippen LogP contribution is 2.41. The summed E-state index contributed by atoms with van der Waals surface area (Å²) in [4.78, 5) is 7.29. The van der Waals surface area contributed by atoms with Gasteiger partial charge >= 0.3 is 6.18 Å². The monoisotopic (exact) mass is 288 g/mol. The van der Waals surface area contributed by atoms with Crippen molar-refractivity contribution in [2.75, 3.05) is 7.11 Å². The molecule has 0 aromatic carbocycles. The van der Waals surface area contributed by atoms with Gasteiger partial charge in [0.1, 0.15) is 5.52 Å². The molecule has 2 heterocycles. The van der Waals surface area contributed by atoms with E-state index in [4.69, 9.17) is 4.74 Å². The van der Waals surface area contributed by atoms with Crippen LogP contribution in [0.1, 0.15) is 24.3 Å². The van der Waals surface area contributed by atoms with E-state index in [0.29, 0.717) is 0 Å². The fourth-order valence-electron chi connectivity index (χ4n) is 1.84. The third-order valence-corrected chi connectivity index (χ3v) is 2.71. The number of aliphatic hydroxyl groups excluding tert-OH is 1. The summed E-state index contributed by atoms with van der Waals surface area (Å²) in [5.41, 5.74) is -1.91. The van der Waals surface area contributed by atoms with Crippen molar-refractivity contribution in [3.05, 3.63) is 23.4 Å². The maximum absolute atomic E-state index is 12.8. The van der Waals surface area contributed by atoms with Gasteiger partial charge in [0.25, 0.3) is 0 Å². The van der Waals surface area contributed by atoms with Crippen LogP contribution in [0.2, 0.25) is 0 Å². The van der Waals surface area contributed by atoms with Crippen molar-refractivity contribution < 1.29 is 28.1 Å². The number of halogens is 3. The topological polar surface area (TPSA) is 75.5 Å². The van der Waals surface area contributed by atoms with Gasteiger partial charge in [-0.2, -0.15) is 13.2 Å². The van der Waals surface area contributed by atoms with Gasteiger partial charge in [-0.25, -0.2) is 9.97 Å². The molecule has 1 unspecified atom stereocenters. The Morgan fingerprint density at radius 2 is 1.90 bits per heavy atom. The first-order valence-corrected chi connectivity index (χ1v) is 5.58. The predicted octanol–water partition coefficient (Wildman–Crippen LogP) is 2.42. The van der Waals surface area contributed by atoms with Gasteiger partial charge in [-0.05, 0) is 13.0 Å².